The molecule has 1 aromatic carbocycles. The zero-order chi connectivity index (χ0) is 15.9. The Morgan fingerprint density at radius 1 is 1.52 bits per heavy atom. The lowest BCUT2D eigenvalue weighted by atomic mass is 10.0. The minimum absolute atomic E-state index is 0.0766. The van der Waals surface area contributed by atoms with Crippen molar-refractivity contribution >= 4 is 43.2 Å². The first kappa shape index (κ1) is 17.0. The van der Waals surface area contributed by atoms with Gasteiger partial charge in [-0.3, -0.25) is 0 Å². The van der Waals surface area contributed by atoms with Crippen molar-refractivity contribution in [1.29, 1.82) is 0 Å². The summed E-state index contributed by atoms with van der Waals surface area (Å²) in [5, 5.41) is 0.0766. The third-order valence-corrected chi connectivity index (χ3v) is 7.07. The van der Waals surface area contributed by atoms with Crippen LogP contribution in [0.5, 0.6) is 0 Å². The Bertz CT molecular complexity index is 667. The number of hydrogen-bond acceptors (Lipinski definition) is 3. The van der Waals surface area contributed by atoms with E-state index in [9.17, 15) is 12.8 Å². The summed E-state index contributed by atoms with van der Waals surface area (Å²) in [7, 11) is -3.95. The van der Waals surface area contributed by atoms with Crippen LogP contribution in [-0.4, -0.2) is 25.3 Å². The molecule has 0 radical (unpaired) electrons. The van der Waals surface area contributed by atoms with Gasteiger partial charge in [-0.15, -0.1) is 0 Å². The molecule has 1 aromatic rings. The van der Waals surface area contributed by atoms with Crippen LogP contribution in [0.15, 0.2) is 15.4 Å². The number of anilines is 1. The average Bonchev–Trinajstić information content (AvgIpc) is 2.90. The summed E-state index contributed by atoms with van der Waals surface area (Å²) in [6.45, 7) is 4.30. The van der Waals surface area contributed by atoms with Crippen LogP contribution < -0.4 is 5.73 Å². The lowest BCUT2D eigenvalue weighted by Gasteiger charge is -2.27. The second-order valence-corrected chi connectivity index (χ2v) is 8.53. The van der Waals surface area contributed by atoms with Crippen molar-refractivity contribution in [3.63, 3.8) is 0 Å². The van der Waals surface area contributed by atoms with Gasteiger partial charge in [-0.2, -0.15) is 4.31 Å². The van der Waals surface area contributed by atoms with Crippen molar-refractivity contribution in [2.24, 2.45) is 5.92 Å². The molecule has 0 saturated carbocycles. The maximum Gasteiger partial charge on any atom is 0.246 e. The van der Waals surface area contributed by atoms with E-state index in [4.69, 9.17) is 17.3 Å². The van der Waals surface area contributed by atoms with Crippen LogP contribution >= 0.6 is 27.5 Å². The molecule has 2 rings (SSSR count). The zero-order valence-corrected chi connectivity index (χ0v) is 14.9. The highest BCUT2D eigenvalue weighted by molar-refractivity contribution is 9.10. The predicted octanol–water partition coefficient (Wildman–Crippen LogP) is 3.63. The van der Waals surface area contributed by atoms with E-state index in [0.717, 1.165) is 18.9 Å². The maximum atomic E-state index is 14.3. The van der Waals surface area contributed by atoms with Gasteiger partial charge in [0.15, 0.2) is 5.82 Å². The normalized spacial score (nSPS) is 20.4. The lowest BCUT2D eigenvalue weighted by Crippen LogP contribution is -2.38. The van der Waals surface area contributed by atoms with Gasteiger partial charge in [0.05, 0.1) is 15.2 Å². The fraction of sp³-hybridized carbons (Fsp3) is 0.538. The third-order valence-electron chi connectivity index (χ3n) is 3.76. The first-order valence-corrected chi connectivity index (χ1v) is 9.23. The molecule has 118 valence electrons. The van der Waals surface area contributed by atoms with Crippen molar-refractivity contribution in [2.75, 3.05) is 12.3 Å². The molecule has 1 aliphatic heterocycles. The van der Waals surface area contributed by atoms with E-state index in [1.165, 1.54) is 4.31 Å². The zero-order valence-electron chi connectivity index (χ0n) is 11.7. The van der Waals surface area contributed by atoms with Gasteiger partial charge in [-0.05, 0) is 40.8 Å². The summed E-state index contributed by atoms with van der Waals surface area (Å²) < 4.78 is 41.3. The van der Waals surface area contributed by atoms with Crippen molar-refractivity contribution in [2.45, 2.75) is 37.6 Å². The van der Waals surface area contributed by atoms with E-state index in [1.54, 1.807) is 0 Å². The van der Waals surface area contributed by atoms with E-state index in [2.05, 4.69) is 15.9 Å². The molecule has 1 atom stereocenters. The fourth-order valence-corrected chi connectivity index (χ4v) is 5.14. The van der Waals surface area contributed by atoms with Crippen molar-refractivity contribution in [3.8, 4) is 0 Å². The summed E-state index contributed by atoms with van der Waals surface area (Å²) >= 11 is 8.97. The molecule has 0 aliphatic carbocycles. The van der Waals surface area contributed by atoms with E-state index >= 15 is 0 Å². The molecule has 0 bridgehead atoms. The Morgan fingerprint density at radius 3 is 2.71 bits per heavy atom. The van der Waals surface area contributed by atoms with E-state index < -0.39 is 20.7 Å². The first-order valence-electron chi connectivity index (χ1n) is 6.62. The van der Waals surface area contributed by atoms with E-state index in [1.807, 2.05) is 13.8 Å². The molecule has 21 heavy (non-hydrogen) atoms. The summed E-state index contributed by atoms with van der Waals surface area (Å²) in [5.74, 6) is -0.797. The number of rotatable bonds is 3. The van der Waals surface area contributed by atoms with Gasteiger partial charge in [0.25, 0.3) is 0 Å². The Morgan fingerprint density at radius 2 is 2.14 bits per heavy atom. The summed E-state index contributed by atoms with van der Waals surface area (Å²) in [6, 6.07) is 0.987. The highest BCUT2D eigenvalue weighted by atomic mass is 79.9. The van der Waals surface area contributed by atoms with Crippen LogP contribution in [0.1, 0.15) is 26.7 Å². The summed E-state index contributed by atoms with van der Waals surface area (Å²) in [5.41, 5.74) is 5.29. The summed E-state index contributed by atoms with van der Waals surface area (Å²) in [4.78, 5) is -0.458. The molecule has 1 heterocycles. The SMILES string of the molecule is CC(C)C1CCCN1S(=O)(=O)c1cc(Cl)c(Br)c(N)c1F. The average molecular weight is 400 g/mol. The van der Waals surface area contributed by atoms with Crippen molar-refractivity contribution in [1.82, 2.24) is 4.31 Å². The van der Waals surface area contributed by atoms with Crippen molar-refractivity contribution in [3.05, 3.63) is 21.4 Å². The molecule has 0 spiro atoms. The topological polar surface area (TPSA) is 63.4 Å². The Labute approximate surface area is 137 Å². The largest absolute Gasteiger partial charge is 0.395 e. The monoisotopic (exact) mass is 398 g/mol. The van der Waals surface area contributed by atoms with E-state index in [-0.39, 0.29) is 27.1 Å². The van der Waals surface area contributed by atoms with Gasteiger partial charge in [-0.25, -0.2) is 12.8 Å². The third kappa shape index (κ3) is 2.93. The van der Waals surface area contributed by atoms with Gasteiger partial charge in [-0.1, -0.05) is 25.4 Å². The van der Waals surface area contributed by atoms with Gasteiger partial charge in [0.1, 0.15) is 4.90 Å². The smallest absolute Gasteiger partial charge is 0.246 e. The highest BCUT2D eigenvalue weighted by Crippen LogP contribution is 2.38. The summed E-state index contributed by atoms with van der Waals surface area (Å²) in [6.07, 6.45) is 1.54. The standard InChI is InChI=1S/C13H17BrClFN2O2S/c1-7(2)9-4-3-5-18(9)21(19,20)10-6-8(15)11(14)13(17)12(10)16/h6-7,9H,3-5,17H2,1-2H3. The molecule has 2 N–H and O–H groups in total. The molecule has 8 heteroatoms. The molecule has 0 amide bonds. The van der Waals surface area contributed by atoms with Crippen LogP contribution in [-0.2, 0) is 10.0 Å². The molecule has 1 fully saturated rings. The predicted molar refractivity (Wildman–Crippen MR) is 85.3 cm³/mol. The molecular weight excluding hydrogens is 383 g/mol. The fourth-order valence-electron chi connectivity index (χ4n) is 2.64. The second-order valence-electron chi connectivity index (χ2n) is 5.47. The van der Waals surface area contributed by atoms with Crippen LogP contribution in [0.3, 0.4) is 0 Å². The van der Waals surface area contributed by atoms with Crippen molar-refractivity contribution < 1.29 is 12.8 Å². The molecule has 0 aromatic heterocycles. The molecule has 1 unspecified atom stereocenters. The minimum atomic E-state index is -3.95. The molecular formula is C13H17BrClFN2O2S. The first-order chi connectivity index (χ1) is 9.67. The highest BCUT2D eigenvalue weighted by Gasteiger charge is 2.38. The van der Waals surface area contributed by atoms with Crippen LogP contribution in [0.4, 0.5) is 10.1 Å². The minimum Gasteiger partial charge on any atom is -0.395 e. The number of nitrogens with two attached hydrogens (primary N) is 1. The van der Waals surface area contributed by atoms with Gasteiger partial charge < -0.3 is 5.73 Å². The molecule has 4 nitrogen and oxygen atoms in total. The van der Waals surface area contributed by atoms with Crippen LogP contribution in [0, 0.1) is 11.7 Å². The van der Waals surface area contributed by atoms with Crippen LogP contribution in [0.25, 0.3) is 0 Å². The lowest BCUT2D eigenvalue weighted by molar-refractivity contribution is 0.314. The second kappa shape index (κ2) is 6.02. The Balaban J connectivity index is 2.55. The number of benzene rings is 1. The quantitative estimate of drug-likeness (QED) is 0.623. The van der Waals surface area contributed by atoms with Gasteiger partial charge in [0.2, 0.25) is 10.0 Å². The maximum absolute atomic E-state index is 14.3. The molecule has 1 aliphatic rings. The number of halogens is 3. The number of sulfonamides is 1. The van der Waals surface area contributed by atoms with E-state index in [0.29, 0.717) is 6.54 Å². The number of nitrogen functional groups attached to an aromatic ring is 1. The van der Waals surface area contributed by atoms with Gasteiger partial charge in [0, 0.05) is 12.6 Å². The Kier molecular flexibility index (Phi) is 4.87. The number of hydrogen-bond donors (Lipinski definition) is 1. The van der Waals surface area contributed by atoms with Gasteiger partial charge >= 0.3 is 0 Å². The number of nitrogens with zero attached hydrogens (tertiary/aromatic N) is 1. The Hall–Kier alpha value is -0.370. The van der Waals surface area contributed by atoms with Crippen LogP contribution in [0.2, 0.25) is 5.02 Å². The molecule has 1 saturated heterocycles.